The molecule has 1 heterocycles. The molecule has 0 saturated heterocycles. The fraction of sp³-hybridized carbons (Fsp3) is 0.357. The lowest BCUT2D eigenvalue weighted by atomic mass is 10.1. The van der Waals surface area contributed by atoms with E-state index in [1.165, 1.54) is 24.1 Å². The fourth-order valence-electron chi connectivity index (χ4n) is 1.95. The Balaban J connectivity index is 1.63. The zero-order chi connectivity index (χ0) is 12.4. The summed E-state index contributed by atoms with van der Waals surface area (Å²) in [6.45, 7) is 0.896. The lowest BCUT2D eigenvalue weighted by Crippen LogP contribution is -2.15. The van der Waals surface area contributed by atoms with Gasteiger partial charge in [-0.05, 0) is 24.5 Å². The summed E-state index contributed by atoms with van der Waals surface area (Å²) in [6.07, 6.45) is 5.41. The molecule has 3 nitrogen and oxygen atoms in total. The first kappa shape index (κ1) is 11.9. The Labute approximate surface area is 115 Å². The van der Waals surface area contributed by atoms with E-state index in [1.807, 2.05) is 12.3 Å². The van der Waals surface area contributed by atoms with Crippen LogP contribution in [0.15, 0.2) is 34.9 Å². The summed E-state index contributed by atoms with van der Waals surface area (Å²) in [5.41, 5.74) is 2.43. The zero-order valence-corrected chi connectivity index (χ0v) is 11.7. The predicted octanol–water partition coefficient (Wildman–Crippen LogP) is 3.02. The second kappa shape index (κ2) is 5.24. The van der Waals surface area contributed by atoms with E-state index in [1.54, 1.807) is 0 Å². The number of benzene rings is 1. The van der Waals surface area contributed by atoms with Crippen molar-refractivity contribution in [2.24, 2.45) is 0 Å². The van der Waals surface area contributed by atoms with Crippen molar-refractivity contribution >= 4 is 15.9 Å². The first-order valence-electron chi connectivity index (χ1n) is 6.31. The molecule has 0 bridgehead atoms. The van der Waals surface area contributed by atoms with E-state index >= 15 is 0 Å². The summed E-state index contributed by atoms with van der Waals surface area (Å²) in [6, 6.07) is 9.00. The molecule has 1 aromatic carbocycles. The highest BCUT2D eigenvalue weighted by Gasteiger charge is 2.20. The first-order chi connectivity index (χ1) is 8.81. The normalized spacial score (nSPS) is 14.9. The van der Waals surface area contributed by atoms with Crippen molar-refractivity contribution in [1.82, 2.24) is 15.3 Å². The second-order valence-corrected chi connectivity index (χ2v) is 5.63. The van der Waals surface area contributed by atoms with Gasteiger partial charge in [0.15, 0.2) is 0 Å². The molecule has 2 aromatic rings. The Morgan fingerprint density at radius 2 is 2.17 bits per heavy atom. The zero-order valence-electron chi connectivity index (χ0n) is 10.1. The van der Waals surface area contributed by atoms with Crippen LogP contribution in [0, 0.1) is 0 Å². The number of imidazole rings is 1. The molecule has 0 aliphatic heterocycles. The van der Waals surface area contributed by atoms with Crippen LogP contribution in [0.1, 0.15) is 29.9 Å². The number of nitrogens with one attached hydrogen (secondary N) is 2. The second-order valence-electron chi connectivity index (χ2n) is 4.78. The van der Waals surface area contributed by atoms with Gasteiger partial charge in [0.05, 0.1) is 0 Å². The van der Waals surface area contributed by atoms with Gasteiger partial charge in [-0.3, -0.25) is 0 Å². The van der Waals surface area contributed by atoms with Crippen LogP contribution < -0.4 is 5.32 Å². The minimum absolute atomic E-state index is 0.736. The summed E-state index contributed by atoms with van der Waals surface area (Å²) in [5.74, 6) is 1.02. The van der Waals surface area contributed by atoms with Crippen LogP contribution >= 0.6 is 15.9 Å². The largest absolute Gasteiger partial charge is 0.345 e. The molecule has 0 spiro atoms. The van der Waals surface area contributed by atoms with Crippen LogP contribution in [0.2, 0.25) is 0 Å². The minimum atomic E-state index is 0.736. The smallest absolute Gasteiger partial charge is 0.110 e. The van der Waals surface area contributed by atoms with Gasteiger partial charge < -0.3 is 10.3 Å². The van der Waals surface area contributed by atoms with Crippen molar-refractivity contribution in [3.8, 4) is 0 Å². The molecule has 94 valence electrons. The van der Waals surface area contributed by atoms with Gasteiger partial charge in [-0.15, -0.1) is 0 Å². The van der Waals surface area contributed by atoms with Crippen LogP contribution in [0.5, 0.6) is 0 Å². The van der Waals surface area contributed by atoms with Crippen LogP contribution in [0.25, 0.3) is 0 Å². The van der Waals surface area contributed by atoms with Crippen LogP contribution in [0.3, 0.4) is 0 Å². The quantitative estimate of drug-likeness (QED) is 0.891. The average molecular weight is 306 g/mol. The number of nitrogens with zero attached hydrogens (tertiary/aromatic N) is 1. The average Bonchev–Trinajstić information content (AvgIpc) is 3.10. The van der Waals surface area contributed by atoms with Gasteiger partial charge in [0.2, 0.25) is 0 Å². The highest BCUT2D eigenvalue weighted by atomic mass is 79.9. The molecular formula is C14H16BrN3. The monoisotopic (exact) mass is 305 g/mol. The Morgan fingerprint density at radius 1 is 1.33 bits per heavy atom. The standard InChI is InChI=1S/C14H16BrN3/c15-13-4-2-1-3-10(13)7-14-17-9-12(18-14)8-16-11-5-6-11/h1-4,9,11,16H,5-8H2,(H,17,18). The van der Waals surface area contributed by atoms with E-state index < -0.39 is 0 Å². The van der Waals surface area contributed by atoms with Crippen LogP contribution in [-0.4, -0.2) is 16.0 Å². The highest BCUT2D eigenvalue weighted by Crippen LogP contribution is 2.20. The van der Waals surface area contributed by atoms with Crippen molar-refractivity contribution in [2.45, 2.75) is 31.8 Å². The lowest BCUT2D eigenvalue weighted by Gasteiger charge is -2.02. The number of halogens is 1. The van der Waals surface area contributed by atoms with Crippen molar-refractivity contribution in [1.29, 1.82) is 0 Å². The number of aromatic nitrogens is 2. The number of hydrogen-bond acceptors (Lipinski definition) is 2. The third-order valence-corrected chi connectivity index (χ3v) is 3.93. The third-order valence-electron chi connectivity index (χ3n) is 3.16. The first-order valence-corrected chi connectivity index (χ1v) is 7.10. The topological polar surface area (TPSA) is 40.7 Å². The molecule has 2 N–H and O–H groups in total. The highest BCUT2D eigenvalue weighted by molar-refractivity contribution is 9.10. The maximum absolute atomic E-state index is 4.43. The van der Waals surface area contributed by atoms with Gasteiger partial charge >= 0.3 is 0 Å². The minimum Gasteiger partial charge on any atom is -0.345 e. The molecule has 1 aliphatic rings. The SMILES string of the molecule is Brc1ccccc1Cc1ncc(CNC2CC2)[nH]1. The molecule has 1 aliphatic carbocycles. The number of hydrogen-bond donors (Lipinski definition) is 2. The van der Waals surface area contributed by atoms with E-state index in [-0.39, 0.29) is 0 Å². The number of H-pyrrole nitrogens is 1. The Kier molecular flexibility index (Phi) is 3.48. The summed E-state index contributed by atoms with van der Waals surface area (Å²) in [7, 11) is 0. The maximum atomic E-state index is 4.43. The van der Waals surface area contributed by atoms with E-state index in [2.05, 4.69) is 49.4 Å². The summed E-state index contributed by atoms with van der Waals surface area (Å²) >= 11 is 3.56. The molecule has 1 saturated carbocycles. The van der Waals surface area contributed by atoms with Crippen molar-refractivity contribution < 1.29 is 0 Å². The van der Waals surface area contributed by atoms with Gasteiger partial charge in [-0.2, -0.15) is 0 Å². The van der Waals surface area contributed by atoms with Crippen molar-refractivity contribution in [3.05, 3.63) is 52.0 Å². The van der Waals surface area contributed by atoms with Crippen molar-refractivity contribution in [2.75, 3.05) is 0 Å². The van der Waals surface area contributed by atoms with Crippen molar-refractivity contribution in [3.63, 3.8) is 0 Å². The molecule has 4 heteroatoms. The number of rotatable bonds is 5. The number of aromatic amines is 1. The molecule has 0 unspecified atom stereocenters. The molecule has 1 fully saturated rings. The van der Waals surface area contributed by atoms with E-state index in [4.69, 9.17) is 0 Å². The van der Waals surface area contributed by atoms with E-state index in [0.717, 1.165) is 29.3 Å². The van der Waals surface area contributed by atoms with Gasteiger partial charge in [0.25, 0.3) is 0 Å². The van der Waals surface area contributed by atoms with Gasteiger partial charge in [-0.25, -0.2) is 4.98 Å². The predicted molar refractivity (Wildman–Crippen MR) is 75.4 cm³/mol. The molecule has 0 radical (unpaired) electrons. The summed E-state index contributed by atoms with van der Waals surface area (Å²) < 4.78 is 1.14. The molecule has 0 atom stereocenters. The molecular weight excluding hydrogens is 290 g/mol. The molecule has 18 heavy (non-hydrogen) atoms. The summed E-state index contributed by atoms with van der Waals surface area (Å²) in [5, 5.41) is 3.48. The van der Waals surface area contributed by atoms with Crippen LogP contribution in [0.4, 0.5) is 0 Å². The maximum Gasteiger partial charge on any atom is 0.110 e. The molecule has 1 aromatic heterocycles. The molecule has 3 rings (SSSR count). The van der Waals surface area contributed by atoms with Gasteiger partial charge in [-0.1, -0.05) is 34.1 Å². The van der Waals surface area contributed by atoms with E-state index in [0.29, 0.717) is 0 Å². The molecule has 0 amide bonds. The Morgan fingerprint density at radius 3 is 2.94 bits per heavy atom. The van der Waals surface area contributed by atoms with Gasteiger partial charge in [0, 0.05) is 35.4 Å². The third kappa shape index (κ3) is 3.00. The Hall–Kier alpha value is -1.13. The Bertz CT molecular complexity index is 531. The summed E-state index contributed by atoms with van der Waals surface area (Å²) in [4.78, 5) is 7.81. The van der Waals surface area contributed by atoms with Crippen LogP contribution in [-0.2, 0) is 13.0 Å². The van der Waals surface area contributed by atoms with E-state index in [9.17, 15) is 0 Å². The fourth-order valence-corrected chi connectivity index (χ4v) is 2.37. The lowest BCUT2D eigenvalue weighted by molar-refractivity contribution is 0.676. The van der Waals surface area contributed by atoms with Gasteiger partial charge in [0.1, 0.15) is 5.82 Å².